The second-order valence-corrected chi connectivity index (χ2v) is 5.30. The number of amides is 1. The molecule has 0 aliphatic heterocycles. The van der Waals surface area contributed by atoms with E-state index in [1.807, 2.05) is 32.0 Å². The molecular weight excluding hydrogens is 296 g/mol. The number of nitro benzene ring substituents is 1. The summed E-state index contributed by atoms with van der Waals surface area (Å²) in [6.45, 7) is 5.60. The molecule has 0 heterocycles. The quantitative estimate of drug-likeness (QED) is 0.675. The average molecular weight is 314 g/mol. The van der Waals surface area contributed by atoms with Crippen LogP contribution < -0.4 is 10.1 Å². The van der Waals surface area contributed by atoms with E-state index >= 15 is 0 Å². The molecule has 23 heavy (non-hydrogen) atoms. The third kappa shape index (κ3) is 4.29. The van der Waals surface area contributed by atoms with E-state index in [0.717, 1.165) is 11.1 Å². The van der Waals surface area contributed by atoms with Crippen LogP contribution in [-0.4, -0.2) is 16.9 Å². The van der Waals surface area contributed by atoms with Crippen molar-refractivity contribution in [3.63, 3.8) is 0 Å². The summed E-state index contributed by atoms with van der Waals surface area (Å²) >= 11 is 0. The topological polar surface area (TPSA) is 81.5 Å². The van der Waals surface area contributed by atoms with Crippen molar-refractivity contribution in [3.8, 4) is 5.75 Å². The van der Waals surface area contributed by atoms with Gasteiger partial charge in [-0.05, 0) is 56.2 Å². The van der Waals surface area contributed by atoms with E-state index in [2.05, 4.69) is 5.32 Å². The van der Waals surface area contributed by atoms with E-state index in [1.54, 1.807) is 6.92 Å². The van der Waals surface area contributed by atoms with Gasteiger partial charge < -0.3 is 10.1 Å². The van der Waals surface area contributed by atoms with Crippen LogP contribution in [0.15, 0.2) is 42.5 Å². The van der Waals surface area contributed by atoms with Gasteiger partial charge in [0.25, 0.3) is 11.6 Å². The van der Waals surface area contributed by atoms with Crippen LogP contribution in [0.2, 0.25) is 0 Å². The maximum Gasteiger partial charge on any atom is 0.269 e. The van der Waals surface area contributed by atoms with Crippen LogP contribution >= 0.6 is 0 Å². The minimum absolute atomic E-state index is 0.0235. The van der Waals surface area contributed by atoms with E-state index in [9.17, 15) is 14.9 Å². The molecule has 2 aromatic carbocycles. The van der Waals surface area contributed by atoms with Crippen molar-refractivity contribution in [1.82, 2.24) is 0 Å². The van der Waals surface area contributed by atoms with Crippen molar-refractivity contribution in [1.29, 1.82) is 0 Å². The number of hydrogen-bond acceptors (Lipinski definition) is 4. The van der Waals surface area contributed by atoms with Crippen LogP contribution in [-0.2, 0) is 4.79 Å². The first kappa shape index (κ1) is 16.5. The van der Waals surface area contributed by atoms with Crippen molar-refractivity contribution in [2.75, 3.05) is 5.32 Å². The molecule has 0 saturated carbocycles. The number of nitrogens with zero attached hydrogens (tertiary/aromatic N) is 1. The van der Waals surface area contributed by atoms with Crippen molar-refractivity contribution >= 4 is 17.3 Å². The molecule has 1 amide bonds. The van der Waals surface area contributed by atoms with Gasteiger partial charge in [0.05, 0.1) is 4.92 Å². The Hall–Kier alpha value is -2.89. The molecular formula is C17H18N2O4. The molecule has 0 fully saturated rings. The maximum atomic E-state index is 12.1. The molecule has 2 rings (SSSR count). The zero-order valence-corrected chi connectivity index (χ0v) is 13.2. The van der Waals surface area contributed by atoms with E-state index in [1.165, 1.54) is 24.3 Å². The normalized spacial score (nSPS) is 11.6. The summed E-state index contributed by atoms with van der Waals surface area (Å²) in [6.07, 6.45) is -0.724. The number of nitro groups is 1. The Morgan fingerprint density at radius 1 is 1.13 bits per heavy atom. The van der Waals surface area contributed by atoms with Crippen LogP contribution in [0.5, 0.6) is 5.75 Å². The lowest BCUT2D eigenvalue weighted by atomic mass is 10.1. The fourth-order valence-corrected chi connectivity index (χ4v) is 1.97. The van der Waals surface area contributed by atoms with Gasteiger partial charge in [-0.15, -0.1) is 0 Å². The highest BCUT2D eigenvalue weighted by atomic mass is 16.6. The minimum atomic E-state index is -0.724. The molecule has 6 nitrogen and oxygen atoms in total. The zero-order valence-electron chi connectivity index (χ0n) is 13.2. The Morgan fingerprint density at radius 2 is 1.78 bits per heavy atom. The third-order valence-electron chi connectivity index (χ3n) is 3.50. The third-order valence-corrected chi connectivity index (χ3v) is 3.50. The van der Waals surface area contributed by atoms with Gasteiger partial charge in [-0.25, -0.2) is 0 Å². The van der Waals surface area contributed by atoms with Gasteiger partial charge in [0.2, 0.25) is 0 Å². The molecule has 0 saturated heterocycles. The van der Waals surface area contributed by atoms with E-state index in [0.29, 0.717) is 11.4 Å². The maximum absolute atomic E-state index is 12.1. The van der Waals surface area contributed by atoms with Gasteiger partial charge >= 0.3 is 0 Å². The molecule has 6 heteroatoms. The lowest BCUT2D eigenvalue weighted by Crippen LogP contribution is -2.30. The molecule has 0 aliphatic carbocycles. The first-order valence-electron chi connectivity index (χ1n) is 7.16. The predicted molar refractivity (Wildman–Crippen MR) is 87.7 cm³/mol. The van der Waals surface area contributed by atoms with Crippen molar-refractivity contribution in [2.24, 2.45) is 0 Å². The number of ether oxygens (including phenoxy) is 1. The molecule has 0 unspecified atom stereocenters. The van der Waals surface area contributed by atoms with Gasteiger partial charge in [0, 0.05) is 17.8 Å². The van der Waals surface area contributed by atoms with E-state index in [4.69, 9.17) is 4.74 Å². The molecule has 0 bridgehead atoms. The molecule has 2 aromatic rings. The van der Waals surface area contributed by atoms with Gasteiger partial charge in [-0.1, -0.05) is 6.07 Å². The Balaban J connectivity index is 1.99. The van der Waals surface area contributed by atoms with Crippen molar-refractivity contribution in [2.45, 2.75) is 26.9 Å². The second kappa shape index (κ2) is 6.91. The Labute approximate surface area is 134 Å². The molecule has 0 radical (unpaired) electrons. The first-order chi connectivity index (χ1) is 10.9. The highest BCUT2D eigenvalue weighted by molar-refractivity contribution is 5.94. The van der Waals surface area contributed by atoms with Gasteiger partial charge in [-0.3, -0.25) is 14.9 Å². The number of nitrogens with one attached hydrogen (secondary N) is 1. The van der Waals surface area contributed by atoms with Gasteiger partial charge in [-0.2, -0.15) is 0 Å². The molecule has 0 aliphatic rings. The van der Waals surface area contributed by atoms with Crippen LogP contribution in [0.25, 0.3) is 0 Å². The van der Waals surface area contributed by atoms with Crippen LogP contribution in [0.1, 0.15) is 18.1 Å². The SMILES string of the molecule is Cc1ccc(NC(=O)[C@H](C)Oc2ccc([N+](=O)[O-])cc2)cc1C. The zero-order chi connectivity index (χ0) is 17.0. The molecule has 1 atom stereocenters. The number of aryl methyl sites for hydroxylation is 2. The van der Waals surface area contributed by atoms with E-state index < -0.39 is 11.0 Å². The Kier molecular flexibility index (Phi) is 4.95. The number of anilines is 1. The summed E-state index contributed by atoms with van der Waals surface area (Å²) in [5.41, 5.74) is 2.92. The Bertz CT molecular complexity index is 726. The predicted octanol–water partition coefficient (Wildman–Crippen LogP) is 3.62. The highest BCUT2D eigenvalue weighted by Crippen LogP contribution is 2.19. The van der Waals surface area contributed by atoms with Crippen LogP contribution in [0, 0.1) is 24.0 Å². The minimum Gasteiger partial charge on any atom is -0.481 e. The lowest BCUT2D eigenvalue weighted by Gasteiger charge is -2.15. The van der Waals surface area contributed by atoms with Gasteiger partial charge in [0.15, 0.2) is 6.10 Å². The molecule has 0 aromatic heterocycles. The van der Waals surface area contributed by atoms with Crippen molar-refractivity contribution in [3.05, 3.63) is 63.7 Å². The van der Waals surface area contributed by atoms with Gasteiger partial charge in [0.1, 0.15) is 5.75 Å². The number of carbonyl (C=O) groups is 1. The molecule has 0 spiro atoms. The smallest absolute Gasteiger partial charge is 0.269 e. The number of carbonyl (C=O) groups excluding carboxylic acids is 1. The molecule has 120 valence electrons. The summed E-state index contributed by atoms with van der Waals surface area (Å²) in [5, 5.41) is 13.4. The average Bonchev–Trinajstić information content (AvgIpc) is 2.51. The standard InChI is InChI=1S/C17H18N2O4/c1-11-4-5-14(10-12(11)2)18-17(20)13(3)23-16-8-6-15(7-9-16)19(21)22/h4-10,13H,1-3H3,(H,18,20)/t13-/m0/s1. The number of benzene rings is 2. The highest BCUT2D eigenvalue weighted by Gasteiger charge is 2.15. The summed E-state index contributed by atoms with van der Waals surface area (Å²) in [5.74, 6) is 0.116. The van der Waals surface area contributed by atoms with E-state index in [-0.39, 0.29) is 11.6 Å². The fraction of sp³-hybridized carbons (Fsp3) is 0.235. The summed E-state index contributed by atoms with van der Waals surface area (Å²) in [4.78, 5) is 22.3. The number of rotatable bonds is 5. The summed E-state index contributed by atoms with van der Waals surface area (Å²) in [6, 6.07) is 11.3. The largest absolute Gasteiger partial charge is 0.481 e. The summed E-state index contributed by atoms with van der Waals surface area (Å²) in [7, 11) is 0. The fourth-order valence-electron chi connectivity index (χ4n) is 1.97. The first-order valence-corrected chi connectivity index (χ1v) is 7.16. The van der Waals surface area contributed by atoms with Crippen LogP contribution in [0.3, 0.4) is 0 Å². The number of non-ortho nitro benzene ring substituents is 1. The Morgan fingerprint density at radius 3 is 2.35 bits per heavy atom. The molecule has 1 N–H and O–H groups in total. The number of hydrogen-bond donors (Lipinski definition) is 1. The summed E-state index contributed by atoms with van der Waals surface area (Å²) < 4.78 is 5.50. The second-order valence-electron chi connectivity index (χ2n) is 5.30. The monoisotopic (exact) mass is 314 g/mol. The van der Waals surface area contributed by atoms with Crippen LogP contribution in [0.4, 0.5) is 11.4 Å². The van der Waals surface area contributed by atoms with Crippen molar-refractivity contribution < 1.29 is 14.5 Å². The lowest BCUT2D eigenvalue weighted by molar-refractivity contribution is -0.384.